The lowest BCUT2D eigenvalue weighted by Gasteiger charge is -2.13. The third kappa shape index (κ3) is 4.46. The van der Waals surface area contributed by atoms with Gasteiger partial charge in [0.05, 0.1) is 6.54 Å². The van der Waals surface area contributed by atoms with Crippen molar-refractivity contribution in [3.8, 4) is 5.75 Å². The minimum absolute atomic E-state index is 0.460. The van der Waals surface area contributed by atoms with E-state index in [0.29, 0.717) is 18.2 Å². The Labute approximate surface area is 147 Å². The zero-order valence-corrected chi connectivity index (χ0v) is 14.5. The van der Waals surface area contributed by atoms with E-state index in [-0.39, 0.29) is 0 Å². The molecule has 0 saturated carbocycles. The van der Waals surface area contributed by atoms with Gasteiger partial charge in [0.25, 0.3) is 0 Å². The number of hydrogen-bond acceptors (Lipinski definition) is 4. The average molecular weight is 394 g/mol. The van der Waals surface area contributed by atoms with Crippen LogP contribution in [0.3, 0.4) is 0 Å². The molecule has 0 fully saturated rings. The molecule has 0 aliphatic carbocycles. The van der Waals surface area contributed by atoms with Crippen LogP contribution in [0, 0.1) is 0 Å². The molecule has 7 heteroatoms. The lowest BCUT2D eigenvalue weighted by Crippen LogP contribution is -2.13. The smallest absolute Gasteiger partial charge is 0.138 e. The molecule has 0 saturated heterocycles. The molecule has 0 amide bonds. The lowest BCUT2D eigenvalue weighted by molar-refractivity contribution is 0.303. The minimum atomic E-state index is 0.460. The van der Waals surface area contributed by atoms with Crippen LogP contribution in [0.1, 0.15) is 11.1 Å². The van der Waals surface area contributed by atoms with E-state index in [2.05, 4.69) is 31.6 Å². The van der Waals surface area contributed by atoms with Gasteiger partial charge in [-0.15, -0.1) is 10.2 Å². The number of nitrogens with zero attached hydrogens (tertiary/aromatic N) is 3. The number of halogens is 2. The maximum Gasteiger partial charge on any atom is 0.138 e. The van der Waals surface area contributed by atoms with Crippen LogP contribution in [-0.4, -0.2) is 14.9 Å². The first-order valence-electron chi connectivity index (χ1n) is 6.95. The molecule has 5 nitrogen and oxygen atoms in total. The maximum absolute atomic E-state index is 6.00. The Balaban J connectivity index is 1.70. The van der Waals surface area contributed by atoms with Gasteiger partial charge >= 0.3 is 0 Å². The first kappa shape index (κ1) is 15.8. The van der Waals surface area contributed by atoms with Gasteiger partial charge in [0.2, 0.25) is 0 Å². The van der Waals surface area contributed by atoms with Gasteiger partial charge in [0.1, 0.15) is 25.0 Å². The van der Waals surface area contributed by atoms with Crippen molar-refractivity contribution < 1.29 is 4.74 Å². The molecule has 23 heavy (non-hydrogen) atoms. The highest BCUT2D eigenvalue weighted by Crippen LogP contribution is 2.24. The number of ether oxygens (including phenoxy) is 1. The summed E-state index contributed by atoms with van der Waals surface area (Å²) in [6.07, 6.45) is 3.20. The summed E-state index contributed by atoms with van der Waals surface area (Å²) in [5.74, 6) is 0.814. The van der Waals surface area contributed by atoms with Crippen molar-refractivity contribution in [2.45, 2.75) is 13.2 Å². The molecule has 1 heterocycles. The van der Waals surface area contributed by atoms with Crippen molar-refractivity contribution >= 4 is 27.5 Å². The highest BCUT2D eigenvalue weighted by Gasteiger charge is 2.06. The molecule has 0 aliphatic rings. The molecular weight excluding hydrogens is 380 g/mol. The molecule has 0 aliphatic heterocycles. The predicted molar refractivity (Wildman–Crippen MR) is 93.0 cm³/mol. The molecule has 3 aromatic rings. The summed E-state index contributed by atoms with van der Waals surface area (Å²) in [6, 6.07) is 13.6. The van der Waals surface area contributed by atoms with Gasteiger partial charge in [-0.05, 0) is 35.9 Å². The van der Waals surface area contributed by atoms with Gasteiger partial charge in [0, 0.05) is 15.1 Å². The molecule has 0 unspecified atom stereocenters. The van der Waals surface area contributed by atoms with Crippen molar-refractivity contribution in [3.63, 3.8) is 0 Å². The number of nitrogens with one attached hydrogen (secondary N) is 1. The van der Waals surface area contributed by atoms with Crippen molar-refractivity contribution in [1.82, 2.24) is 14.9 Å². The molecule has 3 rings (SSSR count). The highest BCUT2D eigenvalue weighted by molar-refractivity contribution is 9.10. The van der Waals surface area contributed by atoms with E-state index in [1.807, 2.05) is 42.5 Å². The van der Waals surface area contributed by atoms with E-state index in [9.17, 15) is 0 Å². The van der Waals surface area contributed by atoms with E-state index in [4.69, 9.17) is 16.3 Å². The zero-order chi connectivity index (χ0) is 16.1. The Kier molecular flexibility index (Phi) is 5.15. The van der Waals surface area contributed by atoms with E-state index in [0.717, 1.165) is 21.3 Å². The quantitative estimate of drug-likeness (QED) is 0.687. The van der Waals surface area contributed by atoms with Crippen molar-refractivity contribution in [2.24, 2.45) is 0 Å². The first-order valence-corrected chi connectivity index (χ1v) is 8.12. The Hall–Kier alpha value is -2.05. The Morgan fingerprint density at radius 2 is 1.96 bits per heavy atom. The van der Waals surface area contributed by atoms with Crippen molar-refractivity contribution in [2.75, 3.05) is 5.43 Å². The summed E-state index contributed by atoms with van der Waals surface area (Å²) in [5.41, 5.74) is 5.23. The summed E-state index contributed by atoms with van der Waals surface area (Å²) in [5, 5.41) is 8.22. The molecule has 0 bridgehead atoms. The van der Waals surface area contributed by atoms with E-state index < -0.39 is 0 Å². The van der Waals surface area contributed by atoms with Crippen LogP contribution in [0.25, 0.3) is 0 Å². The molecular formula is C16H14BrClN4O. The minimum Gasteiger partial charge on any atom is -0.489 e. The first-order chi connectivity index (χ1) is 11.2. The number of aromatic nitrogens is 3. The normalized spacial score (nSPS) is 10.5. The van der Waals surface area contributed by atoms with Crippen LogP contribution in [0.4, 0.5) is 0 Å². The highest BCUT2D eigenvalue weighted by atomic mass is 79.9. The summed E-state index contributed by atoms with van der Waals surface area (Å²) >= 11 is 9.49. The zero-order valence-electron chi connectivity index (χ0n) is 12.1. The summed E-state index contributed by atoms with van der Waals surface area (Å²) in [4.78, 5) is 0. The van der Waals surface area contributed by atoms with E-state index in [1.165, 1.54) is 0 Å². The number of benzene rings is 2. The Morgan fingerprint density at radius 3 is 2.74 bits per heavy atom. The second-order valence-corrected chi connectivity index (χ2v) is 6.23. The Morgan fingerprint density at radius 1 is 1.13 bits per heavy atom. The fourth-order valence-corrected chi connectivity index (χ4v) is 2.70. The van der Waals surface area contributed by atoms with Gasteiger partial charge in [-0.2, -0.15) is 0 Å². The molecule has 0 radical (unpaired) electrons. The monoisotopic (exact) mass is 392 g/mol. The third-order valence-electron chi connectivity index (χ3n) is 3.18. The fourth-order valence-electron chi connectivity index (χ4n) is 2.07. The Bertz CT molecular complexity index is 780. The molecule has 1 N–H and O–H groups in total. The standard InChI is InChI=1S/C16H14BrClN4O/c17-14-4-5-16(23-9-12-2-1-3-15(18)6-12)13(7-14)8-21-22-10-19-20-11-22/h1-7,10-11,21H,8-9H2. The van der Waals surface area contributed by atoms with Gasteiger partial charge in [-0.25, -0.2) is 4.68 Å². The van der Waals surface area contributed by atoms with Crippen LogP contribution in [0.15, 0.2) is 59.6 Å². The van der Waals surface area contributed by atoms with Gasteiger partial charge < -0.3 is 10.2 Å². The van der Waals surface area contributed by atoms with Gasteiger partial charge in [-0.3, -0.25) is 0 Å². The lowest BCUT2D eigenvalue weighted by atomic mass is 10.2. The molecule has 1 aromatic heterocycles. The average Bonchev–Trinajstić information content (AvgIpc) is 3.05. The number of hydrogen-bond donors (Lipinski definition) is 1. The topological polar surface area (TPSA) is 52.0 Å². The third-order valence-corrected chi connectivity index (χ3v) is 3.91. The van der Waals surface area contributed by atoms with Crippen LogP contribution in [0.5, 0.6) is 5.75 Å². The second kappa shape index (κ2) is 7.48. The van der Waals surface area contributed by atoms with Crippen molar-refractivity contribution in [1.29, 1.82) is 0 Å². The van der Waals surface area contributed by atoms with Gasteiger partial charge in [0.15, 0.2) is 0 Å². The SMILES string of the molecule is Clc1cccc(COc2ccc(Br)cc2CNn2cnnc2)c1. The van der Waals surface area contributed by atoms with E-state index in [1.54, 1.807) is 17.3 Å². The van der Waals surface area contributed by atoms with Crippen LogP contribution in [-0.2, 0) is 13.2 Å². The fraction of sp³-hybridized carbons (Fsp3) is 0.125. The summed E-state index contributed by atoms with van der Waals surface area (Å²) in [6.45, 7) is 1.05. The number of rotatable bonds is 6. The molecule has 2 aromatic carbocycles. The summed E-state index contributed by atoms with van der Waals surface area (Å²) in [7, 11) is 0. The van der Waals surface area contributed by atoms with Crippen LogP contribution >= 0.6 is 27.5 Å². The predicted octanol–water partition coefficient (Wildman–Crippen LogP) is 4.02. The maximum atomic E-state index is 6.00. The van der Waals surface area contributed by atoms with Crippen molar-refractivity contribution in [3.05, 3.63) is 75.7 Å². The van der Waals surface area contributed by atoms with Gasteiger partial charge in [-0.1, -0.05) is 39.7 Å². The summed E-state index contributed by atoms with van der Waals surface area (Å²) < 4.78 is 8.63. The van der Waals surface area contributed by atoms with E-state index >= 15 is 0 Å². The molecule has 0 spiro atoms. The van der Waals surface area contributed by atoms with Crippen LogP contribution in [0.2, 0.25) is 5.02 Å². The second-order valence-electron chi connectivity index (χ2n) is 4.87. The van der Waals surface area contributed by atoms with Crippen LogP contribution < -0.4 is 10.2 Å². The molecule has 0 atom stereocenters. The largest absolute Gasteiger partial charge is 0.489 e. The molecule has 118 valence electrons.